The molecule has 0 bridgehead atoms. The molecule has 2 atom stereocenters. The van der Waals surface area contributed by atoms with E-state index < -0.39 is 32.4 Å². The van der Waals surface area contributed by atoms with Crippen molar-refractivity contribution in [2.24, 2.45) is 0 Å². The van der Waals surface area contributed by atoms with Gasteiger partial charge in [0.2, 0.25) is 11.8 Å². The quantitative estimate of drug-likeness (QED) is 0.737. The molecule has 2 heterocycles. The molecule has 28 heavy (non-hydrogen) atoms. The van der Waals surface area contributed by atoms with E-state index in [0.717, 1.165) is 12.1 Å². The zero-order valence-corrected chi connectivity index (χ0v) is 16.5. The highest BCUT2D eigenvalue weighted by molar-refractivity contribution is 7.92. The molecule has 1 aromatic heterocycles. The van der Waals surface area contributed by atoms with Crippen molar-refractivity contribution in [1.82, 2.24) is 10.2 Å². The number of rotatable bonds is 4. The number of hydrogen-bond acceptors (Lipinski definition) is 6. The molecule has 1 saturated heterocycles. The number of aromatic nitrogens is 2. The average Bonchev–Trinajstić information content (AvgIpc) is 3.11. The lowest BCUT2D eigenvalue weighted by Crippen LogP contribution is -2.42. The maximum Gasteiger partial charge on any atom is 0.416 e. The van der Waals surface area contributed by atoms with Crippen LogP contribution >= 0.6 is 0 Å². The van der Waals surface area contributed by atoms with Crippen LogP contribution in [0.2, 0.25) is 0 Å². The van der Waals surface area contributed by atoms with Gasteiger partial charge in [-0.3, -0.25) is 0 Å². The molecule has 1 aliphatic heterocycles. The van der Waals surface area contributed by atoms with Gasteiger partial charge in [0.05, 0.1) is 15.2 Å². The third-order valence-electron chi connectivity index (χ3n) is 4.91. The van der Waals surface area contributed by atoms with E-state index in [1.54, 1.807) is 0 Å². The van der Waals surface area contributed by atoms with Crippen LogP contribution in [0.3, 0.4) is 0 Å². The second-order valence-corrected chi connectivity index (χ2v) is 9.89. The molecule has 2 aromatic rings. The maximum absolute atomic E-state index is 13.2. The standard InChI is InChI=1S/C18H21F3N2O4S/c1-11(2)15-22-23-16(27-15)14-10-17(3,7-8-26-14)28(24,25)13-6-4-5-12(9-13)18(19,20)21/h4-6,9,11,14H,7-8,10H2,1-3H3. The summed E-state index contributed by atoms with van der Waals surface area (Å²) in [6, 6.07) is 3.81. The Labute approximate surface area is 161 Å². The molecule has 1 fully saturated rings. The van der Waals surface area contributed by atoms with E-state index in [4.69, 9.17) is 9.15 Å². The molecule has 0 spiro atoms. The number of ether oxygens (including phenoxy) is 1. The number of nitrogens with zero attached hydrogens (tertiary/aromatic N) is 2. The summed E-state index contributed by atoms with van der Waals surface area (Å²) >= 11 is 0. The normalized spacial score (nSPS) is 23.9. The molecule has 0 N–H and O–H groups in total. The first kappa shape index (κ1) is 20.8. The van der Waals surface area contributed by atoms with Crippen LogP contribution in [0.1, 0.15) is 63.0 Å². The number of halogens is 3. The largest absolute Gasteiger partial charge is 0.422 e. The second kappa shape index (κ2) is 7.14. The van der Waals surface area contributed by atoms with Gasteiger partial charge >= 0.3 is 6.18 Å². The minimum absolute atomic E-state index is 0.00469. The minimum atomic E-state index is -4.62. The van der Waals surface area contributed by atoms with Gasteiger partial charge in [0, 0.05) is 18.9 Å². The first-order chi connectivity index (χ1) is 12.9. The Balaban J connectivity index is 1.92. The average molecular weight is 418 g/mol. The summed E-state index contributed by atoms with van der Waals surface area (Å²) in [4.78, 5) is -0.362. The van der Waals surface area contributed by atoms with Crippen LogP contribution in [0.4, 0.5) is 13.2 Å². The van der Waals surface area contributed by atoms with Gasteiger partial charge in [0.15, 0.2) is 9.84 Å². The zero-order valence-electron chi connectivity index (χ0n) is 15.7. The highest BCUT2D eigenvalue weighted by atomic mass is 32.2. The van der Waals surface area contributed by atoms with E-state index >= 15 is 0 Å². The minimum Gasteiger partial charge on any atom is -0.422 e. The lowest BCUT2D eigenvalue weighted by Gasteiger charge is -2.36. The van der Waals surface area contributed by atoms with Crippen molar-refractivity contribution in [2.45, 2.75) is 61.5 Å². The second-order valence-electron chi connectivity index (χ2n) is 7.43. The van der Waals surface area contributed by atoms with Crippen molar-refractivity contribution in [3.05, 3.63) is 41.6 Å². The SMILES string of the molecule is CC(C)c1nnc(C2CC(C)(S(=O)(=O)c3cccc(C(F)(F)F)c3)CCO2)o1. The predicted molar refractivity (Wildman–Crippen MR) is 93.3 cm³/mol. The Bertz CT molecular complexity index is 956. The Hall–Kier alpha value is -1.94. The van der Waals surface area contributed by atoms with Gasteiger partial charge in [0.25, 0.3) is 0 Å². The summed E-state index contributed by atoms with van der Waals surface area (Å²) in [5.41, 5.74) is -1.00. The monoisotopic (exact) mass is 418 g/mol. The van der Waals surface area contributed by atoms with Gasteiger partial charge in [-0.25, -0.2) is 8.42 Å². The van der Waals surface area contributed by atoms with Crippen molar-refractivity contribution < 1.29 is 30.7 Å². The summed E-state index contributed by atoms with van der Waals surface area (Å²) in [6.45, 7) is 5.37. The molecule has 0 aliphatic carbocycles. The van der Waals surface area contributed by atoms with Crippen molar-refractivity contribution in [3.63, 3.8) is 0 Å². The lowest BCUT2D eigenvalue weighted by molar-refractivity contribution is -0.137. The van der Waals surface area contributed by atoms with Crippen molar-refractivity contribution in [3.8, 4) is 0 Å². The van der Waals surface area contributed by atoms with Crippen LogP contribution < -0.4 is 0 Å². The molecule has 2 unspecified atom stereocenters. The first-order valence-corrected chi connectivity index (χ1v) is 10.3. The number of benzene rings is 1. The van der Waals surface area contributed by atoms with Crippen LogP contribution in [0.15, 0.2) is 33.6 Å². The van der Waals surface area contributed by atoms with Gasteiger partial charge in [0.1, 0.15) is 6.10 Å². The summed E-state index contributed by atoms with van der Waals surface area (Å²) in [6.07, 6.45) is -5.21. The molecule has 0 saturated carbocycles. The smallest absolute Gasteiger partial charge is 0.416 e. The molecule has 10 heteroatoms. The van der Waals surface area contributed by atoms with Crippen LogP contribution in [-0.2, 0) is 20.8 Å². The Morgan fingerprint density at radius 1 is 1.25 bits per heavy atom. The lowest BCUT2D eigenvalue weighted by atomic mass is 9.96. The predicted octanol–water partition coefficient (Wildman–Crippen LogP) is 4.30. The van der Waals surface area contributed by atoms with Gasteiger partial charge in [-0.1, -0.05) is 19.9 Å². The molecule has 1 aliphatic rings. The van der Waals surface area contributed by atoms with Crippen LogP contribution in [0, 0.1) is 0 Å². The fourth-order valence-electron chi connectivity index (χ4n) is 3.11. The molecule has 1 aromatic carbocycles. The molecule has 3 rings (SSSR count). The van der Waals surface area contributed by atoms with E-state index in [1.807, 2.05) is 13.8 Å². The summed E-state index contributed by atoms with van der Waals surface area (Å²) in [5, 5.41) is 7.87. The van der Waals surface area contributed by atoms with Gasteiger partial charge < -0.3 is 9.15 Å². The fourth-order valence-corrected chi connectivity index (χ4v) is 4.94. The van der Waals surface area contributed by atoms with Crippen molar-refractivity contribution in [1.29, 1.82) is 0 Å². The fraction of sp³-hybridized carbons (Fsp3) is 0.556. The molecule has 0 radical (unpaired) electrons. The molecule has 6 nitrogen and oxygen atoms in total. The summed E-state index contributed by atoms with van der Waals surface area (Å²) in [5.74, 6) is 0.588. The van der Waals surface area contributed by atoms with E-state index in [0.29, 0.717) is 12.0 Å². The highest BCUT2D eigenvalue weighted by Crippen LogP contribution is 2.42. The van der Waals surface area contributed by atoms with Crippen LogP contribution in [0.25, 0.3) is 0 Å². The van der Waals surface area contributed by atoms with E-state index in [1.165, 1.54) is 13.0 Å². The van der Waals surface area contributed by atoms with E-state index in [9.17, 15) is 21.6 Å². The van der Waals surface area contributed by atoms with E-state index in [-0.39, 0.29) is 36.2 Å². The van der Waals surface area contributed by atoms with Crippen LogP contribution in [-0.4, -0.2) is 30.0 Å². The van der Waals surface area contributed by atoms with Gasteiger partial charge in [-0.05, 0) is 31.5 Å². The summed E-state index contributed by atoms with van der Waals surface area (Å²) in [7, 11) is -4.06. The van der Waals surface area contributed by atoms with Gasteiger partial charge in [-0.15, -0.1) is 10.2 Å². The molecule has 0 amide bonds. The third-order valence-corrected chi connectivity index (χ3v) is 7.46. The number of alkyl halides is 3. The Kier molecular flexibility index (Phi) is 5.30. The number of hydrogen-bond donors (Lipinski definition) is 0. The third kappa shape index (κ3) is 3.80. The molecular weight excluding hydrogens is 397 g/mol. The highest BCUT2D eigenvalue weighted by Gasteiger charge is 2.47. The molecular formula is C18H21F3N2O4S. The topological polar surface area (TPSA) is 82.3 Å². The number of sulfone groups is 1. The Morgan fingerprint density at radius 2 is 1.96 bits per heavy atom. The first-order valence-electron chi connectivity index (χ1n) is 8.81. The van der Waals surface area contributed by atoms with Crippen molar-refractivity contribution in [2.75, 3.05) is 6.61 Å². The molecule has 154 valence electrons. The maximum atomic E-state index is 13.2. The van der Waals surface area contributed by atoms with Crippen LogP contribution in [0.5, 0.6) is 0 Å². The van der Waals surface area contributed by atoms with Crippen molar-refractivity contribution >= 4 is 9.84 Å². The zero-order chi connectivity index (χ0) is 20.7. The van der Waals surface area contributed by atoms with E-state index in [2.05, 4.69) is 10.2 Å². The Morgan fingerprint density at radius 3 is 2.57 bits per heavy atom. The summed E-state index contributed by atoms with van der Waals surface area (Å²) < 4.78 is 75.2. The van der Waals surface area contributed by atoms with Gasteiger partial charge in [-0.2, -0.15) is 13.2 Å².